The molecule has 0 radical (unpaired) electrons. The van der Waals surface area contributed by atoms with Gasteiger partial charge >= 0.3 is 0 Å². The van der Waals surface area contributed by atoms with E-state index in [1.807, 2.05) is 6.92 Å². The van der Waals surface area contributed by atoms with Gasteiger partial charge in [-0.1, -0.05) is 45.0 Å². The summed E-state index contributed by atoms with van der Waals surface area (Å²) in [6.07, 6.45) is 2.96. The van der Waals surface area contributed by atoms with Crippen molar-refractivity contribution in [1.29, 1.82) is 0 Å². The number of rotatable bonds is 3. The van der Waals surface area contributed by atoms with Crippen LogP contribution in [0, 0.1) is 11.3 Å². The molecule has 0 aromatic heterocycles. The molecular formula is C19H26O2. The molecule has 2 bridgehead atoms. The first-order valence-corrected chi connectivity index (χ1v) is 8.13. The molecule has 3 atom stereocenters. The molecule has 21 heavy (non-hydrogen) atoms. The van der Waals surface area contributed by atoms with Crippen LogP contribution in [0.5, 0.6) is 0 Å². The zero-order valence-electron chi connectivity index (χ0n) is 13.6. The van der Waals surface area contributed by atoms with Crippen molar-refractivity contribution in [1.82, 2.24) is 0 Å². The van der Waals surface area contributed by atoms with Gasteiger partial charge in [-0.05, 0) is 49.1 Å². The van der Waals surface area contributed by atoms with Crippen LogP contribution in [0.3, 0.4) is 0 Å². The molecule has 1 saturated heterocycles. The summed E-state index contributed by atoms with van der Waals surface area (Å²) >= 11 is 0. The highest BCUT2D eigenvalue weighted by Gasteiger charge is 2.59. The van der Waals surface area contributed by atoms with Gasteiger partial charge in [0.05, 0.1) is 12.0 Å². The molecule has 0 spiro atoms. The Labute approximate surface area is 127 Å². The van der Waals surface area contributed by atoms with E-state index >= 15 is 0 Å². The highest BCUT2D eigenvalue weighted by molar-refractivity contribution is 5.95. The van der Waals surface area contributed by atoms with Crippen LogP contribution in [0.4, 0.5) is 0 Å². The van der Waals surface area contributed by atoms with Gasteiger partial charge in [-0.15, -0.1) is 0 Å². The Bertz CT molecular complexity index is 562. The molecule has 2 heteroatoms. The molecule has 0 N–H and O–H groups in total. The van der Waals surface area contributed by atoms with Gasteiger partial charge in [0, 0.05) is 0 Å². The fraction of sp³-hybridized carbons (Fsp3) is 0.632. The molecule has 0 unspecified atom stereocenters. The molecule has 2 nitrogen and oxygen atoms in total. The number of carbonyl (C=O) groups excluding carboxylic acids is 1. The van der Waals surface area contributed by atoms with Gasteiger partial charge in [0.25, 0.3) is 0 Å². The third-order valence-electron chi connectivity index (χ3n) is 5.70. The maximum absolute atomic E-state index is 12.7. The molecule has 3 rings (SSSR count). The standard InChI is InChI=1S/C19H26O2/c1-13(2)16-8-6-5-7-14(16)11-15-9-10-19(4)17(20)18(15,3)12-21-19/h5-8,13,15H,9-12H2,1-4H3/t15-,18-,19+/m0/s1. The van der Waals surface area contributed by atoms with Crippen molar-refractivity contribution in [3.05, 3.63) is 35.4 Å². The minimum absolute atomic E-state index is 0.295. The van der Waals surface area contributed by atoms with E-state index in [0.29, 0.717) is 24.2 Å². The van der Waals surface area contributed by atoms with Crippen LogP contribution < -0.4 is 0 Å². The number of Topliss-reactive ketones (excluding diaryl/α,β-unsaturated/α-hetero) is 1. The van der Waals surface area contributed by atoms with Crippen molar-refractivity contribution in [2.75, 3.05) is 6.61 Å². The van der Waals surface area contributed by atoms with Gasteiger partial charge in [0.15, 0.2) is 5.78 Å². The maximum atomic E-state index is 12.7. The van der Waals surface area contributed by atoms with Crippen LogP contribution in [0.2, 0.25) is 0 Å². The van der Waals surface area contributed by atoms with Crippen molar-refractivity contribution < 1.29 is 9.53 Å². The first kappa shape index (κ1) is 14.8. The second-order valence-corrected chi connectivity index (χ2v) is 7.56. The van der Waals surface area contributed by atoms with Crippen LogP contribution in [0.25, 0.3) is 0 Å². The van der Waals surface area contributed by atoms with Crippen LogP contribution in [0.1, 0.15) is 57.6 Å². The van der Waals surface area contributed by atoms with Crippen LogP contribution in [0.15, 0.2) is 24.3 Å². The highest BCUT2D eigenvalue weighted by atomic mass is 16.5. The number of carbonyl (C=O) groups is 1. The van der Waals surface area contributed by atoms with Crippen LogP contribution in [-0.4, -0.2) is 18.0 Å². The van der Waals surface area contributed by atoms with Gasteiger partial charge in [-0.25, -0.2) is 0 Å². The predicted molar refractivity (Wildman–Crippen MR) is 84.4 cm³/mol. The predicted octanol–water partition coefficient (Wildman–Crippen LogP) is 4.13. The first-order valence-electron chi connectivity index (χ1n) is 8.13. The summed E-state index contributed by atoms with van der Waals surface area (Å²) in [6.45, 7) is 9.16. The summed E-state index contributed by atoms with van der Waals surface area (Å²) in [6, 6.07) is 8.68. The minimum atomic E-state index is -0.511. The SMILES string of the molecule is CC(C)c1ccccc1C[C@@H]1CC[C@@]2(C)OC[C@]1(C)C2=O. The first-order chi connectivity index (χ1) is 9.87. The van der Waals surface area contributed by atoms with Crippen LogP contribution in [-0.2, 0) is 16.0 Å². The molecule has 0 amide bonds. The number of ether oxygens (including phenoxy) is 1. The summed E-state index contributed by atoms with van der Waals surface area (Å²) in [4.78, 5) is 12.7. The van der Waals surface area contributed by atoms with E-state index in [0.717, 1.165) is 19.3 Å². The second kappa shape index (κ2) is 4.95. The Morgan fingerprint density at radius 2 is 2.00 bits per heavy atom. The summed E-state index contributed by atoms with van der Waals surface area (Å²) in [5, 5.41) is 0. The normalized spacial score (nSPS) is 35.5. The third kappa shape index (κ3) is 2.24. The average molecular weight is 286 g/mol. The van der Waals surface area contributed by atoms with Crippen molar-refractivity contribution in [3.63, 3.8) is 0 Å². The lowest BCUT2D eigenvalue weighted by Gasteiger charge is -2.38. The molecule has 1 heterocycles. The maximum Gasteiger partial charge on any atom is 0.172 e. The molecule has 1 aliphatic carbocycles. The van der Waals surface area contributed by atoms with Crippen molar-refractivity contribution in [2.45, 2.75) is 58.5 Å². The lowest BCUT2D eigenvalue weighted by atomic mass is 9.62. The molecule has 2 aliphatic rings. The largest absolute Gasteiger partial charge is 0.366 e. The summed E-state index contributed by atoms with van der Waals surface area (Å²) in [7, 11) is 0. The summed E-state index contributed by atoms with van der Waals surface area (Å²) in [5.41, 5.74) is 2.02. The quantitative estimate of drug-likeness (QED) is 0.835. The second-order valence-electron chi connectivity index (χ2n) is 7.56. The van der Waals surface area contributed by atoms with Gasteiger partial charge in [-0.3, -0.25) is 4.79 Å². The molecule has 114 valence electrons. The third-order valence-corrected chi connectivity index (χ3v) is 5.70. The van der Waals surface area contributed by atoms with E-state index in [1.54, 1.807) is 0 Å². The van der Waals surface area contributed by atoms with Crippen molar-refractivity contribution >= 4 is 5.78 Å². The molecule has 1 aromatic rings. The molecular weight excluding hydrogens is 260 g/mol. The monoisotopic (exact) mass is 286 g/mol. The van der Waals surface area contributed by atoms with Crippen molar-refractivity contribution in [3.8, 4) is 0 Å². The molecule has 1 saturated carbocycles. The fourth-order valence-electron chi connectivity index (χ4n) is 4.18. The fourth-order valence-corrected chi connectivity index (χ4v) is 4.18. The molecule has 2 fully saturated rings. The number of fused-ring (bicyclic) bond motifs is 2. The zero-order chi connectivity index (χ0) is 15.3. The topological polar surface area (TPSA) is 26.3 Å². The van der Waals surface area contributed by atoms with E-state index in [4.69, 9.17) is 4.74 Å². The zero-order valence-corrected chi connectivity index (χ0v) is 13.6. The summed E-state index contributed by atoms with van der Waals surface area (Å²) < 4.78 is 5.88. The number of benzene rings is 1. The van der Waals surface area contributed by atoms with Crippen LogP contribution >= 0.6 is 0 Å². The number of ketones is 1. The summed E-state index contributed by atoms with van der Waals surface area (Å²) in [5.74, 6) is 1.26. The van der Waals surface area contributed by atoms with E-state index in [-0.39, 0.29) is 5.41 Å². The average Bonchev–Trinajstić information content (AvgIpc) is 2.61. The van der Waals surface area contributed by atoms with Crippen molar-refractivity contribution in [2.24, 2.45) is 11.3 Å². The van der Waals surface area contributed by atoms with Gasteiger partial charge in [0.1, 0.15) is 5.60 Å². The number of hydrogen-bond acceptors (Lipinski definition) is 2. The Balaban J connectivity index is 1.88. The Hall–Kier alpha value is -1.15. The molecule has 1 aliphatic heterocycles. The minimum Gasteiger partial charge on any atom is -0.366 e. The highest BCUT2D eigenvalue weighted by Crippen LogP contribution is 2.51. The smallest absolute Gasteiger partial charge is 0.172 e. The van der Waals surface area contributed by atoms with Gasteiger partial charge in [-0.2, -0.15) is 0 Å². The van der Waals surface area contributed by atoms with Gasteiger partial charge in [0.2, 0.25) is 0 Å². The Kier molecular flexibility index (Phi) is 3.48. The lowest BCUT2D eigenvalue weighted by Crippen LogP contribution is -2.47. The van der Waals surface area contributed by atoms with E-state index in [1.165, 1.54) is 11.1 Å². The van der Waals surface area contributed by atoms with E-state index in [2.05, 4.69) is 45.0 Å². The lowest BCUT2D eigenvalue weighted by molar-refractivity contribution is -0.139. The number of hydrogen-bond donors (Lipinski definition) is 0. The van der Waals surface area contributed by atoms with E-state index in [9.17, 15) is 4.79 Å². The molecule has 1 aromatic carbocycles. The van der Waals surface area contributed by atoms with E-state index < -0.39 is 5.60 Å². The Morgan fingerprint density at radius 3 is 2.71 bits per heavy atom. The Morgan fingerprint density at radius 1 is 1.29 bits per heavy atom. The van der Waals surface area contributed by atoms with Gasteiger partial charge < -0.3 is 4.74 Å².